The Kier molecular flexibility index (Phi) is 7.68. The summed E-state index contributed by atoms with van der Waals surface area (Å²) in [6, 6.07) is 10.5. The highest BCUT2D eigenvalue weighted by atomic mass is 16.5. The van der Waals surface area contributed by atoms with Gasteiger partial charge in [0.05, 0.1) is 41.4 Å². The maximum Gasteiger partial charge on any atom is 0.312 e. The quantitative estimate of drug-likeness (QED) is 0.313. The summed E-state index contributed by atoms with van der Waals surface area (Å²) in [6.07, 6.45) is 3.59. The second-order valence-corrected chi connectivity index (χ2v) is 12.3. The van der Waals surface area contributed by atoms with Gasteiger partial charge in [-0.2, -0.15) is 0 Å². The molecule has 2 fully saturated rings. The van der Waals surface area contributed by atoms with Gasteiger partial charge in [0.2, 0.25) is 0 Å². The molecule has 3 heterocycles. The van der Waals surface area contributed by atoms with Crippen LogP contribution in [0, 0.1) is 5.41 Å². The molecule has 0 N–H and O–H groups in total. The number of hydrogen-bond acceptors (Lipinski definition) is 9. The largest absolute Gasteiger partial charge is 0.489 e. The summed E-state index contributed by atoms with van der Waals surface area (Å²) in [5.41, 5.74) is 1.20. The SMILES string of the molecule is CC(C)(C)C(=O)OCn1cnc2cc(N3CCOCC3)cc(OC3CCC(N4C(=O)c5ccccc5C4=O)CC3)c2c1=O. The lowest BCUT2D eigenvalue weighted by Gasteiger charge is -2.34. The summed E-state index contributed by atoms with van der Waals surface area (Å²) >= 11 is 0. The number of anilines is 1. The van der Waals surface area contributed by atoms with Gasteiger partial charge in [0, 0.05) is 30.9 Å². The second-order valence-electron chi connectivity index (χ2n) is 12.3. The first-order valence-corrected chi connectivity index (χ1v) is 14.8. The molecular formula is C32H36N4O7. The molecule has 0 radical (unpaired) electrons. The summed E-state index contributed by atoms with van der Waals surface area (Å²) in [5, 5.41) is 0.314. The highest BCUT2D eigenvalue weighted by molar-refractivity contribution is 6.21. The normalized spacial score (nSPS) is 20.8. The molecule has 3 aliphatic rings. The molecular weight excluding hydrogens is 552 g/mol. The van der Waals surface area contributed by atoms with Gasteiger partial charge in [-0.05, 0) is 64.7 Å². The minimum atomic E-state index is -0.707. The third kappa shape index (κ3) is 5.61. The Hall–Kier alpha value is -4.25. The number of esters is 1. The van der Waals surface area contributed by atoms with E-state index >= 15 is 0 Å². The molecule has 0 spiro atoms. The van der Waals surface area contributed by atoms with Crippen molar-refractivity contribution in [3.8, 4) is 5.75 Å². The first kappa shape index (κ1) is 28.9. The number of nitrogens with zero attached hydrogens (tertiary/aromatic N) is 4. The van der Waals surface area contributed by atoms with E-state index in [1.807, 2.05) is 12.1 Å². The Morgan fingerprint density at radius 1 is 0.977 bits per heavy atom. The molecule has 2 aromatic carbocycles. The van der Waals surface area contributed by atoms with Gasteiger partial charge < -0.3 is 19.1 Å². The van der Waals surface area contributed by atoms with E-state index in [4.69, 9.17) is 14.2 Å². The number of ether oxygens (including phenoxy) is 3. The number of morpholine rings is 1. The van der Waals surface area contributed by atoms with E-state index in [9.17, 15) is 19.2 Å². The van der Waals surface area contributed by atoms with Gasteiger partial charge in [-0.25, -0.2) is 4.98 Å². The second kappa shape index (κ2) is 11.4. The van der Waals surface area contributed by atoms with E-state index in [0.29, 0.717) is 79.8 Å². The summed E-state index contributed by atoms with van der Waals surface area (Å²) in [4.78, 5) is 60.2. The fourth-order valence-corrected chi connectivity index (χ4v) is 5.91. The molecule has 0 bridgehead atoms. The van der Waals surface area contributed by atoms with Crippen molar-refractivity contribution in [3.05, 3.63) is 64.2 Å². The van der Waals surface area contributed by atoms with E-state index in [-0.39, 0.29) is 36.3 Å². The molecule has 2 aliphatic heterocycles. The van der Waals surface area contributed by atoms with Crippen molar-refractivity contribution in [2.24, 2.45) is 5.41 Å². The van der Waals surface area contributed by atoms with Crippen LogP contribution in [0.25, 0.3) is 10.9 Å². The van der Waals surface area contributed by atoms with Crippen molar-refractivity contribution in [1.82, 2.24) is 14.5 Å². The number of amides is 2. The predicted molar refractivity (Wildman–Crippen MR) is 158 cm³/mol. The summed E-state index contributed by atoms with van der Waals surface area (Å²) in [5.74, 6) is -0.494. The number of rotatable bonds is 6. The number of aromatic nitrogens is 2. The zero-order chi connectivity index (χ0) is 30.3. The molecule has 226 valence electrons. The summed E-state index contributed by atoms with van der Waals surface area (Å²) in [6.45, 7) is 7.60. The maximum absolute atomic E-state index is 13.7. The lowest BCUT2D eigenvalue weighted by molar-refractivity contribution is -0.157. The molecule has 1 saturated heterocycles. The molecule has 1 aliphatic carbocycles. The number of carbonyl (C=O) groups is 3. The van der Waals surface area contributed by atoms with Crippen LogP contribution < -0.4 is 15.2 Å². The van der Waals surface area contributed by atoms with Crippen molar-refractivity contribution >= 4 is 34.4 Å². The molecule has 11 nitrogen and oxygen atoms in total. The maximum atomic E-state index is 13.7. The standard InChI is InChI=1S/C32H36N4O7/c1-32(2,3)31(40)42-19-35-18-33-25-16-21(34-12-14-41-15-13-34)17-26(27(25)30(35)39)43-22-10-8-20(9-11-22)36-28(37)23-6-4-5-7-24(23)29(36)38/h4-7,16-18,20,22H,8-15,19H2,1-3H3. The van der Waals surface area contributed by atoms with Crippen LogP contribution in [0.2, 0.25) is 0 Å². The third-order valence-corrected chi connectivity index (χ3v) is 8.33. The van der Waals surface area contributed by atoms with Crippen LogP contribution in [0.5, 0.6) is 5.75 Å². The zero-order valence-electron chi connectivity index (χ0n) is 24.7. The van der Waals surface area contributed by atoms with Crippen molar-refractivity contribution in [2.45, 2.75) is 65.3 Å². The third-order valence-electron chi connectivity index (χ3n) is 8.33. The minimum absolute atomic E-state index is 0.208. The van der Waals surface area contributed by atoms with Gasteiger partial charge in [0.15, 0.2) is 6.73 Å². The first-order chi connectivity index (χ1) is 20.6. The van der Waals surface area contributed by atoms with Gasteiger partial charge in [-0.3, -0.25) is 28.6 Å². The van der Waals surface area contributed by atoms with Gasteiger partial charge >= 0.3 is 5.97 Å². The Morgan fingerprint density at radius 3 is 2.26 bits per heavy atom. The Morgan fingerprint density at radius 2 is 1.63 bits per heavy atom. The molecule has 2 amide bonds. The van der Waals surface area contributed by atoms with Crippen molar-refractivity contribution < 1.29 is 28.6 Å². The van der Waals surface area contributed by atoms with Crippen LogP contribution in [0.4, 0.5) is 5.69 Å². The monoisotopic (exact) mass is 588 g/mol. The van der Waals surface area contributed by atoms with Crippen LogP contribution in [-0.2, 0) is 21.0 Å². The van der Waals surface area contributed by atoms with Crippen LogP contribution in [-0.4, -0.2) is 70.7 Å². The average molecular weight is 589 g/mol. The smallest absolute Gasteiger partial charge is 0.312 e. The molecule has 0 unspecified atom stereocenters. The van der Waals surface area contributed by atoms with Crippen LogP contribution in [0.15, 0.2) is 47.5 Å². The fourth-order valence-electron chi connectivity index (χ4n) is 5.91. The number of benzene rings is 2. The number of carbonyl (C=O) groups excluding carboxylic acids is 3. The van der Waals surface area contributed by atoms with Crippen LogP contribution >= 0.6 is 0 Å². The van der Waals surface area contributed by atoms with Crippen molar-refractivity contribution in [3.63, 3.8) is 0 Å². The van der Waals surface area contributed by atoms with Gasteiger partial charge in [0.1, 0.15) is 17.5 Å². The van der Waals surface area contributed by atoms with E-state index in [1.165, 1.54) is 15.8 Å². The Bertz CT molecular complexity index is 1590. The summed E-state index contributed by atoms with van der Waals surface area (Å²) in [7, 11) is 0. The van der Waals surface area contributed by atoms with E-state index < -0.39 is 11.4 Å². The Labute approximate surface area is 249 Å². The first-order valence-electron chi connectivity index (χ1n) is 14.8. The van der Waals surface area contributed by atoms with Crippen molar-refractivity contribution in [2.75, 3.05) is 31.2 Å². The Balaban J connectivity index is 1.24. The van der Waals surface area contributed by atoms with Crippen molar-refractivity contribution in [1.29, 1.82) is 0 Å². The average Bonchev–Trinajstić information content (AvgIpc) is 3.26. The lowest BCUT2D eigenvalue weighted by Crippen LogP contribution is -2.43. The van der Waals surface area contributed by atoms with Gasteiger partial charge in [-0.15, -0.1) is 0 Å². The molecule has 6 rings (SSSR count). The number of fused-ring (bicyclic) bond motifs is 2. The highest BCUT2D eigenvalue weighted by Crippen LogP contribution is 2.35. The summed E-state index contributed by atoms with van der Waals surface area (Å²) < 4.78 is 18.7. The van der Waals surface area contributed by atoms with E-state index in [2.05, 4.69) is 9.88 Å². The van der Waals surface area contributed by atoms with Gasteiger partial charge in [0.25, 0.3) is 17.4 Å². The molecule has 1 saturated carbocycles. The molecule has 43 heavy (non-hydrogen) atoms. The van der Waals surface area contributed by atoms with E-state index in [1.54, 1.807) is 45.0 Å². The van der Waals surface area contributed by atoms with Crippen LogP contribution in [0.3, 0.4) is 0 Å². The molecule has 0 atom stereocenters. The molecule has 1 aromatic heterocycles. The lowest BCUT2D eigenvalue weighted by atomic mass is 9.91. The zero-order valence-corrected chi connectivity index (χ0v) is 24.7. The molecule has 3 aromatic rings. The molecule has 11 heteroatoms. The highest BCUT2D eigenvalue weighted by Gasteiger charge is 2.41. The number of imide groups is 1. The van der Waals surface area contributed by atoms with Gasteiger partial charge in [-0.1, -0.05) is 12.1 Å². The number of hydrogen-bond donors (Lipinski definition) is 0. The minimum Gasteiger partial charge on any atom is -0.489 e. The van der Waals surface area contributed by atoms with Crippen LogP contribution in [0.1, 0.15) is 67.2 Å². The fraction of sp³-hybridized carbons (Fsp3) is 0.469. The predicted octanol–water partition coefficient (Wildman–Crippen LogP) is 3.77. The van der Waals surface area contributed by atoms with E-state index in [0.717, 1.165) is 5.69 Å². The topological polar surface area (TPSA) is 120 Å².